The van der Waals surface area contributed by atoms with Crippen molar-refractivity contribution in [3.8, 4) is 0 Å². The fourth-order valence-electron chi connectivity index (χ4n) is 2.50. The standard InChI is InChI=1S/C15H22N4O2/c1-3-13-15(21)17-6-7-19(13)9-14(20)18-11-5-4-10(2)12(16)8-11/h4-5,8,13H,3,6-7,9,16H2,1-2H3,(H,17,21)(H,18,20). The molecule has 1 atom stereocenters. The van der Waals surface area contributed by atoms with Gasteiger partial charge in [-0.2, -0.15) is 0 Å². The molecule has 21 heavy (non-hydrogen) atoms. The molecular weight excluding hydrogens is 268 g/mol. The number of nitrogens with one attached hydrogen (secondary N) is 2. The number of benzene rings is 1. The number of nitrogens with zero attached hydrogens (tertiary/aromatic N) is 1. The van der Waals surface area contributed by atoms with Crippen LogP contribution in [0.3, 0.4) is 0 Å². The number of anilines is 2. The van der Waals surface area contributed by atoms with Crippen LogP contribution in [0.5, 0.6) is 0 Å². The number of hydrogen-bond donors (Lipinski definition) is 3. The molecule has 0 saturated carbocycles. The molecule has 1 heterocycles. The second kappa shape index (κ2) is 6.58. The predicted octanol–water partition coefficient (Wildman–Crippen LogP) is 0.726. The summed E-state index contributed by atoms with van der Waals surface area (Å²) < 4.78 is 0. The highest BCUT2D eigenvalue weighted by Gasteiger charge is 2.29. The molecule has 0 spiro atoms. The minimum Gasteiger partial charge on any atom is -0.398 e. The van der Waals surface area contributed by atoms with Crippen LogP contribution >= 0.6 is 0 Å². The Balaban J connectivity index is 1.97. The fraction of sp³-hybridized carbons (Fsp3) is 0.467. The van der Waals surface area contributed by atoms with Gasteiger partial charge in [0.05, 0.1) is 12.6 Å². The Hall–Kier alpha value is -2.08. The van der Waals surface area contributed by atoms with Crippen LogP contribution in [0.15, 0.2) is 18.2 Å². The van der Waals surface area contributed by atoms with Gasteiger partial charge in [-0.3, -0.25) is 14.5 Å². The number of amides is 2. The molecule has 0 aliphatic carbocycles. The molecule has 4 N–H and O–H groups in total. The van der Waals surface area contributed by atoms with Crippen molar-refractivity contribution in [2.75, 3.05) is 30.7 Å². The number of nitrogens with two attached hydrogens (primary N) is 1. The number of rotatable bonds is 4. The summed E-state index contributed by atoms with van der Waals surface area (Å²) in [7, 11) is 0. The molecule has 1 fully saturated rings. The van der Waals surface area contributed by atoms with Crippen LogP contribution in [-0.2, 0) is 9.59 Å². The molecule has 0 bridgehead atoms. The van der Waals surface area contributed by atoms with Gasteiger partial charge in [0.2, 0.25) is 11.8 Å². The number of carbonyl (C=O) groups excluding carboxylic acids is 2. The van der Waals surface area contributed by atoms with Gasteiger partial charge in [-0.1, -0.05) is 13.0 Å². The van der Waals surface area contributed by atoms with Gasteiger partial charge in [-0.05, 0) is 31.0 Å². The fourth-order valence-corrected chi connectivity index (χ4v) is 2.50. The van der Waals surface area contributed by atoms with Crippen LogP contribution in [0.4, 0.5) is 11.4 Å². The molecule has 0 radical (unpaired) electrons. The third-order valence-electron chi connectivity index (χ3n) is 3.74. The third kappa shape index (κ3) is 3.72. The largest absolute Gasteiger partial charge is 0.398 e. The highest BCUT2D eigenvalue weighted by molar-refractivity contribution is 5.93. The van der Waals surface area contributed by atoms with E-state index < -0.39 is 0 Å². The number of carbonyl (C=O) groups is 2. The van der Waals surface area contributed by atoms with Crippen LogP contribution in [-0.4, -0.2) is 42.4 Å². The van der Waals surface area contributed by atoms with E-state index in [9.17, 15) is 9.59 Å². The minimum absolute atomic E-state index is 0.00358. The second-order valence-electron chi connectivity index (χ2n) is 5.31. The maximum absolute atomic E-state index is 12.1. The first kappa shape index (κ1) is 15.3. The number of piperazine rings is 1. The van der Waals surface area contributed by atoms with E-state index in [-0.39, 0.29) is 24.4 Å². The quantitative estimate of drug-likeness (QED) is 0.713. The zero-order valence-electron chi connectivity index (χ0n) is 12.5. The monoisotopic (exact) mass is 290 g/mol. The van der Waals surface area contributed by atoms with Gasteiger partial charge < -0.3 is 16.4 Å². The Morgan fingerprint density at radius 2 is 2.29 bits per heavy atom. The van der Waals surface area contributed by atoms with E-state index in [4.69, 9.17) is 5.73 Å². The number of aryl methyl sites for hydroxylation is 1. The summed E-state index contributed by atoms with van der Waals surface area (Å²) in [5.41, 5.74) is 8.13. The highest BCUT2D eigenvalue weighted by Crippen LogP contribution is 2.17. The highest BCUT2D eigenvalue weighted by atomic mass is 16.2. The van der Waals surface area contributed by atoms with E-state index in [1.165, 1.54) is 0 Å². The molecule has 1 unspecified atom stereocenters. The topological polar surface area (TPSA) is 87.5 Å². The molecule has 2 rings (SSSR count). The van der Waals surface area contributed by atoms with Gasteiger partial charge in [-0.15, -0.1) is 0 Å². The van der Waals surface area contributed by atoms with E-state index >= 15 is 0 Å². The molecule has 6 heteroatoms. The third-order valence-corrected chi connectivity index (χ3v) is 3.74. The molecule has 2 amide bonds. The van der Waals surface area contributed by atoms with Crippen molar-refractivity contribution < 1.29 is 9.59 Å². The number of hydrogen-bond acceptors (Lipinski definition) is 4. The zero-order valence-corrected chi connectivity index (χ0v) is 12.5. The van der Waals surface area contributed by atoms with Gasteiger partial charge >= 0.3 is 0 Å². The van der Waals surface area contributed by atoms with Gasteiger partial charge in [0, 0.05) is 24.5 Å². The molecule has 1 aliphatic heterocycles. The van der Waals surface area contributed by atoms with Crippen LogP contribution < -0.4 is 16.4 Å². The molecule has 1 aliphatic rings. The van der Waals surface area contributed by atoms with Crippen molar-refractivity contribution in [3.05, 3.63) is 23.8 Å². The van der Waals surface area contributed by atoms with Crippen molar-refractivity contribution in [3.63, 3.8) is 0 Å². The predicted molar refractivity (Wildman–Crippen MR) is 82.9 cm³/mol. The summed E-state index contributed by atoms with van der Waals surface area (Å²) >= 11 is 0. The summed E-state index contributed by atoms with van der Waals surface area (Å²) in [6.45, 7) is 5.34. The van der Waals surface area contributed by atoms with E-state index in [2.05, 4.69) is 10.6 Å². The lowest BCUT2D eigenvalue weighted by Gasteiger charge is -2.33. The lowest BCUT2D eigenvalue weighted by Crippen LogP contribution is -2.56. The normalized spacial score (nSPS) is 19.1. The number of nitrogen functional groups attached to an aromatic ring is 1. The summed E-state index contributed by atoms with van der Waals surface area (Å²) in [4.78, 5) is 25.8. The van der Waals surface area contributed by atoms with Crippen LogP contribution in [0, 0.1) is 6.92 Å². The maximum Gasteiger partial charge on any atom is 0.238 e. The first-order chi connectivity index (χ1) is 10.0. The molecule has 1 aromatic carbocycles. The molecule has 0 aromatic heterocycles. The molecule has 6 nitrogen and oxygen atoms in total. The smallest absolute Gasteiger partial charge is 0.238 e. The maximum atomic E-state index is 12.1. The molecule has 114 valence electrons. The molecule has 1 saturated heterocycles. The van der Waals surface area contributed by atoms with Crippen molar-refractivity contribution >= 4 is 23.2 Å². The van der Waals surface area contributed by atoms with Crippen molar-refractivity contribution in [2.24, 2.45) is 0 Å². The van der Waals surface area contributed by atoms with Gasteiger partial charge in [-0.25, -0.2) is 0 Å². The van der Waals surface area contributed by atoms with Gasteiger partial charge in [0.1, 0.15) is 0 Å². The van der Waals surface area contributed by atoms with E-state index in [0.717, 1.165) is 5.56 Å². The first-order valence-corrected chi connectivity index (χ1v) is 7.19. The van der Waals surface area contributed by atoms with Crippen molar-refractivity contribution in [1.29, 1.82) is 0 Å². The van der Waals surface area contributed by atoms with Crippen LogP contribution in [0.2, 0.25) is 0 Å². The first-order valence-electron chi connectivity index (χ1n) is 7.19. The Labute approximate surface area is 124 Å². The Bertz CT molecular complexity index is 544. The Kier molecular flexibility index (Phi) is 4.80. The van der Waals surface area contributed by atoms with E-state index in [1.54, 1.807) is 6.07 Å². The summed E-state index contributed by atoms with van der Waals surface area (Å²) in [6.07, 6.45) is 0.691. The van der Waals surface area contributed by atoms with Crippen molar-refractivity contribution in [2.45, 2.75) is 26.3 Å². The lowest BCUT2D eigenvalue weighted by atomic mass is 10.1. The van der Waals surface area contributed by atoms with Crippen LogP contribution in [0.25, 0.3) is 0 Å². The van der Waals surface area contributed by atoms with E-state index in [1.807, 2.05) is 30.9 Å². The summed E-state index contributed by atoms with van der Waals surface area (Å²) in [5, 5.41) is 5.65. The summed E-state index contributed by atoms with van der Waals surface area (Å²) in [6, 6.07) is 5.21. The minimum atomic E-state index is -0.229. The second-order valence-corrected chi connectivity index (χ2v) is 5.31. The summed E-state index contributed by atoms with van der Waals surface area (Å²) in [5.74, 6) is -0.137. The van der Waals surface area contributed by atoms with Crippen molar-refractivity contribution in [1.82, 2.24) is 10.2 Å². The average Bonchev–Trinajstić information content (AvgIpc) is 2.43. The Morgan fingerprint density at radius 1 is 1.52 bits per heavy atom. The van der Waals surface area contributed by atoms with Gasteiger partial charge in [0.25, 0.3) is 0 Å². The van der Waals surface area contributed by atoms with Gasteiger partial charge in [0.15, 0.2) is 0 Å². The average molecular weight is 290 g/mol. The lowest BCUT2D eigenvalue weighted by molar-refractivity contribution is -0.130. The van der Waals surface area contributed by atoms with Crippen LogP contribution in [0.1, 0.15) is 18.9 Å². The zero-order chi connectivity index (χ0) is 15.4. The SMILES string of the molecule is CCC1C(=O)NCCN1CC(=O)Nc1ccc(C)c(N)c1. The molecule has 1 aromatic rings. The van der Waals surface area contributed by atoms with E-state index in [0.29, 0.717) is 30.9 Å². The molecular formula is C15H22N4O2. The Morgan fingerprint density at radius 3 is 2.95 bits per heavy atom.